The molecule has 0 aliphatic carbocycles. The van der Waals surface area contributed by atoms with Crippen molar-refractivity contribution in [1.82, 2.24) is 19.5 Å². The monoisotopic (exact) mass is 266 g/mol. The van der Waals surface area contributed by atoms with Gasteiger partial charge in [-0.25, -0.2) is 14.4 Å². The SMILES string of the molecule is Cc1ccc2c(c1)ncn2-c1nc2ccc(F)cc2[nH]1. The maximum atomic E-state index is 13.2. The fourth-order valence-corrected chi connectivity index (χ4v) is 2.37. The first kappa shape index (κ1) is 11.2. The van der Waals surface area contributed by atoms with E-state index in [1.165, 1.54) is 12.1 Å². The van der Waals surface area contributed by atoms with Gasteiger partial charge in [-0.05, 0) is 42.8 Å². The van der Waals surface area contributed by atoms with Crippen LogP contribution >= 0.6 is 0 Å². The first-order valence-electron chi connectivity index (χ1n) is 6.30. The van der Waals surface area contributed by atoms with Crippen LogP contribution in [0.4, 0.5) is 4.39 Å². The highest BCUT2D eigenvalue weighted by atomic mass is 19.1. The Balaban J connectivity index is 1.96. The van der Waals surface area contributed by atoms with Gasteiger partial charge in [0.2, 0.25) is 5.95 Å². The molecule has 0 saturated heterocycles. The van der Waals surface area contributed by atoms with Crippen LogP contribution in [0.25, 0.3) is 28.0 Å². The third-order valence-electron chi connectivity index (χ3n) is 3.36. The molecule has 0 bridgehead atoms. The second-order valence-corrected chi connectivity index (χ2v) is 4.83. The van der Waals surface area contributed by atoms with E-state index in [0.717, 1.165) is 22.1 Å². The quantitative estimate of drug-likeness (QED) is 0.574. The molecule has 0 spiro atoms. The minimum Gasteiger partial charge on any atom is -0.323 e. The standard InChI is InChI=1S/C15H11FN4/c1-9-2-5-14-13(6-9)17-8-20(14)15-18-11-4-3-10(16)7-12(11)19-15/h2-8H,1H3,(H,18,19). The summed E-state index contributed by atoms with van der Waals surface area (Å²) in [5.41, 5.74) is 4.45. The van der Waals surface area contributed by atoms with Gasteiger partial charge in [0.1, 0.15) is 12.1 Å². The van der Waals surface area contributed by atoms with Crippen molar-refractivity contribution in [3.63, 3.8) is 0 Å². The van der Waals surface area contributed by atoms with Gasteiger partial charge in [0, 0.05) is 0 Å². The summed E-state index contributed by atoms with van der Waals surface area (Å²) in [5.74, 6) is 0.357. The van der Waals surface area contributed by atoms with E-state index < -0.39 is 0 Å². The molecule has 0 atom stereocenters. The summed E-state index contributed by atoms with van der Waals surface area (Å²) in [5, 5.41) is 0. The van der Waals surface area contributed by atoms with E-state index in [0.29, 0.717) is 11.5 Å². The number of aryl methyl sites for hydroxylation is 1. The van der Waals surface area contributed by atoms with Gasteiger partial charge >= 0.3 is 0 Å². The minimum absolute atomic E-state index is 0.279. The van der Waals surface area contributed by atoms with Crippen molar-refractivity contribution in [1.29, 1.82) is 0 Å². The van der Waals surface area contributed by atoms with Crippen LogP contribution in [-0.2, 0) is 0 Å². The molecule has 4 aromatic rings. The molecule has 0 amide bonds. The number of imidazole rings is 2. The average Bonchev–Trinajstić information content (AvgIpc) is 3.00. The zero-order valence-electron chi connectivity index (χ0n) is 10.8. The van der Waals surface area contributed by atoms with Crippen molar-refractivity contribution in [3.05, 3.63) is 54.1 Å². The second kappa shape index (κ2) is 3.90. The van der Waals surface area contributed by atoms with E-state index in [9.17, 15) is 4.39 Å². The first-order chi connectivity index (χ1) is 9.70. The third kappa shape index (κ3) is 1.60. The Hall–Kier alpha value is -2.69. The fourth-order valence-electron chi connectivity index (χ4n) is 2.37. The molecule has 5 heteroatoms. The molecule has 4 rings (SSSR count). The predicted octanol–water partition coefficient (Wildman–Crippen LogP) is 3.35. The van der Waals surface area contributed by atoms with Crippen molar-refractivity contribution < 1.29 is 4.39 Å². The van der Waals surface area contributed by atoms with Gasteiger partial charge in [0.05, 0.1) is 22.1 Å². The highest BCUT2D eigenvalue weighted by Crippen LogP contribution is 2.20. The summed E-state index contributed by atoms with van der Waals surface area (Å²) in [6.07, 6.45) is 1.72. The van der Waals surface area contributed by atoms with Crippen LogP contribution in [0.3, 0.4) is 0 Å². The van der Waals surface area contributed by atoms with Crippen LogP contribution in [-0.4, -0.2) is 19.5 Å². The molecule has 0 unspecified atom stereocenters. The number of hydrogen-bond acceptors (Lipinski definition) is 2. The van der Waals surface area contributed by atoms with Gasteiger partial charge in [0.15, 0.2) is 0 Å². The summed E-state index contributed by atoms with van der Waals surface area (Å²) in [6.45, 7) is 2.03. The number of rotatable bonds is 1. The number of aromatic amines is 1. The van der Waals surface area contributed by atoms with E-state index in [4.69, 9.17) is 0 Å². The Kier molecular flexibility index (Phi) is 2.18. The van der Waals surface area contributed by atoms with Crippen LogP contribution in [0.5, 0.6) is 0 Å². The smallest absolute Gasteiger partial charge is 0.213 e. The van der Waals surface area contributed by atoms with Gasteiger partial charge in [-0.1, -0.05) is 6.07 Å². The van der Waals surface area contributed by atoms with Gasteiger partial charge < -0.3 is 4.98 Å². The number of hydrogen-bond donors (Lipinski definition) is 1. The summed E-state index contributed by atoms with van der Waals surface area (Å²) >= 11 is 0. The number of nitrogens with zero attached hydrogens (tertiary/aromatic N) is 3. The molecule has 20 heavy (non-hydrogen) atoms. The topological polar surface area (TPSA) is 46.5 Å². The highest BCUT2D eigenvalue weighted by molar-refractivity contribution is 5.80. The van der Waals surface area contributed by atoms with E-state index in [-0.39, 0.29) is 5.82 Å². The van der Waals surface area contributed by atoms with E-state index >= 15 is 0 Å². The highest BCUT2D eigenvalue weighted by Gasteiger charge is 2.09. The van der Waals surface area contributed by atoms with Gasteiger partial charge in [-0.15, -0.1) is 0 Å². The summed E-state index contributed by atoms with van der Waals surface area (Å²) in [6, 6.07) is 10.6. The molecule has 0 saturated carbocycles. The number of benzene rings is 2. The molecule has 2 heterocycles. The normalized spacial score (nSPS) is 11.5. The van der Waals surface area contributed by atoms with Gasteiger partial charge in [-0.3, -0.25) is 4.57 Å². The van der Waals surface area contributed by atoms with Crippen LogP contribution in [0.2, 0.25) is 0 Å². The van der Waals surface area contributed by atoms with Crippen molar-refractivity contribution in [2.24, 2.45) is 0 Å². The molecule has 0 aliphatic rings. The molecule has 0 radical (unpaired) electrons. The molecule has 0 fully saturated rings. The number of H-pyrrole nitrogens is 1. The number of nitrogens with one attached hydrogen (secondary N) is 1. The number of aromatic nitrogens is 4. The summed E-state index contributed by atoms with van der Waals surface area (Å²) in [7, 11) is 0. The Labute approximate surface area is 113 Å². The lowest BCUT2D eigenvalue weighted by atomic mass is 10.2. The molecule has 98 valence electrons. The van der Waals surface area contributed by atoms with Gasteiger partial charge in [-0.2, -0.15) is 0 Å². The predicted molar refractivity (Wildman–Crippen MR) is 75.4 cm³/mol. The van der Waals surface area contributed by atoms with Gasteiger partial charge in [0.25, 0.3) is 0 Å². The maximum absolute atomic E-state index is 13.2. The molecular weight excluding hydrogens is 255 g/mol. The number of fused-ring (bicyclic) bond motifs is 2. The van der Waals surface area contributed by atoms with Crippen LogP contribution in [0.1, 0.15) is 5.56 Å². The lowest BCUT2D eigenvalue weighted by molar-refractivity contribution is 0.629. The van der Waals surface area contributed by atoms with Crippen molar-refractivity contribution in [2.45, 2.75) is 6.92 Å². The zero-order chi connectivity index (χ0) is 13.7. The minimum atomic E-state index is -0.279. The maximum Gasteiger partial charge on any atom is 0.213 e. The number of halogens is 1. The average molecular weight is 266 g/mol. The second-order valence-electron chi connectivity index (χ2n) is 4.83. The first-order valence-corrected chi connectivity index (χ1v) is 6.30. The van der Waals surface area contributed by atoms with Crippen LogP contribution in [0.15, 0.2) is 42.7 Å². The molecular formula is C15H11FN4. The molecule has 2 aromatic heterocycles. The van der Waals surface area contributed by atoms with Crippen LogP contribution < -0.4 is 0 Å². The summed E-state index contributed by atoms with van der Waals surface area (Å²) in [4.78, 5) is 12.0. The van der Waals surface area contributed by atoms with Crippen molar-refractivity contribution >= 4 is 22.1 Å². The zero-order valence-corrected chi connectivity index (χ0v) is 10.8. The molecule has 0 aliphatic heterocycles. The van der Waals surface area contributed by atoms with E-state index in [1.807, 2.05) is 29.7 Å². The Bertz CT molecular complexity index is 936. The summed E-state index contributed by atoms with van der Waals surface area (Å²) < 4.78 is 15.1. The lowest BCUT2D eigenvalue weighted by Gasteiger charge is -1.99. The Morgan fingerprint density at radius 1 is 1.10 bits per heavy atom. The van der Waals surface area contributed by atoms with E-state index in [2.05, 4.69) is 15.0 Å². The molecule has 1 N–H and O–H groups in total. The van der Waals surface area contributed by atoms with Crippen molar-refractivity contribution in [3.8, 4) is 5.95 Å². The molecule has 2 aromatic carbocycles. The third-order valence-corrected chi connectivity index (χ3v) is 3.36. The largest absolute Gasteiger partial charge is 0.323 e. The Morgan fingerprint density at radius 3 is 2.90 bits per heavy atom. The lowest BCUT2D eigenvalue weighted by Crippen LogP contribution is -1.94. The molecule has 4 nitrogen and oxygen atoms in total. The fraction of sp³-hybridized carbons (Fsp3) is 0.0667. The van der Waals surface area contributed by atoms with Crippen LogP contribution in [0, 0.1) is 12.7 Å². The van der Waals surface area contributed by atoms with E-state index in [1.54, 1.807) is 12.4 Å². The van der Waals surface area contributed by atoms with Crippen molar-refractivity contribution in [2.75, 3.05) is 0 Å². The Morgan fingerprint density at radius 2 is 2.00 bits per heavy atom.